The van der Waals surface area contributed by atoms with Crippen molar-refractivity contribution in [2.24, 2.45) is 10.8 Å². The number of hydrogen-bond donors (Lipinski definition) is 0. The lowest BCUT2D eigenvalue weighted by Crippen LogP contribution is -2.46. The van der Waals surface area contributed by atoms with Gasteiger partial charge in [0.05, 0.1) is 25.4 Å². The molecule has 0 unspecified atom stereocenters. The molecule has 1 fully saturated rings. The lowest BCUT2D eigenvalue weighted by Gasteiger charge is -2.41. The van der Waals surface area contributed by atoms with Crippen LogP contribution >= 0.6 is 0 Å². The Bertz CT molecular complexity index is 249. The monoisotopic (exact) mass is 226 g/mol. The zero-order valence-electron chi connectivity index (χ0n) is 11.4. The molecule has 0 N–H and O–H groups in total. The fraction of sp³-hybridized carbons (Fsp3) is 0.857. The minimum absolute atomic E-state index is 0.101. The summed E-state index contributed by atoms with van der Waals surface area (Å²) in [6.45, 7) is 17.2. The fourth-order valence-corrected chi connectivity index (χ4v) is 2.12. The third kappa shape index (κ3) is 3.91. The predicted molar refractivity (Wildman–Crippen MR) is 67.6 cm³/mol. The maximum atomic E-state index is 6.05. The van der Waals surface area contributed by atoms with Gasteiger partial charge in [-0.05, 0) is 25.7 Å². The van der Waals surface area contributed by atoms with E-state index in [2.05, 4.69) is 41.2 Å². The van der Waals surface area contributed by atoms with Crippen LogP contribution in [0.4, 0.5) is 0 Å². The van der Waals surface area contributed by atoms with E-state index in [1.165, 1.54) is 0 Å². The first-order valence-electron chi connectivity index (χ1n) is 6.03. The Labute approximate surface area is 100 Å². The quantitative estimate of drug-likeness (QED) is 0.646. The van der Waals surface area contributed by atoms with Crippen molar-refractivity contribution in [2.45, 2.75) is 46.6 Å². The topological polar surface area (TPSA) is 18.5 Å². The van der Waals surface area contributed by atoms with Crippen molar-refractivity contribution >= 4 is 0 Å². The van der Waals surface area contributed by atoms with Gasteiger partial charge in [0.1, 0.15) is 0 Å². The van der Waals surface area contributed by atoms with Crippen molar-refractivity contribution < 1.29 is 9.47 Å². The van der Waals surface area contributed by atoms with Crippen LogP contribution in [-0.4, -0.2) is 25.4 Å². The largest absolute Gasteiger partial charge is 0.380 e. The van der Waals surface area contributed by atoms with E-state index in [9.17, 15) is 0 Å². The molecule has 0 radical (unpaired) electrons. The van der Waals surface area contributed by atoms with Crippen LogP contribution in [0.15, 0.2) is 12.7 Å². The van der Waals surface area contributed by atoms with Gasteiger partial charge in [0, 0.05) is 5.41 Å². The van der Waals surface area contributed by atoms with Crippen LogP contribution in [-0.2, 0) is 9.47 Å². The molecule has 0 saturated carbocycles. The number of hydrogen-bond acceptors (Lipinski definition) is 2. The highest BCUT2D eigenvalue weighted by atomic mass is 16.5. The molecule has 1 heterocycles. The van der Waals surface area contributed by atoms with Gasteiger partial charge in [0.2, 0.25) is 0 Å². The van der Waals surface area contributed by atoms with Crippen LogP contribution in [0.25, 0.3) is 0 Å². The van der Waals surface area contributed by atoms with Gasteiger partial charge in [-0.25, -0.2) is 0 Å². The highest BCUT2D eigenvalue weighted by molar-refractivity contribution is 4.93. The summed E-state index contributed by atoms with van der Waals surface area (Å²) in [5.41, 5.74) is 0.256. The van der Waals surface area contributed by atoms with Crippen LogP contribution in [0.2, 0.25) is 0 Å². The van der Waals surface area contributed by atoms with Gasteiger partial charge in [0.15, 0.2) is 0 Å². The summed E-state index contributed by atoms with van der Waals surface area (Å²) < 4.78 is 11.3. The van der Waals surface area contributed by atoms with Gasteiger partial charge < -0.3 is 9.47 Å². The second-order valence-corrected chi connectivity index (χ2v) is 6.72. The van der Waals surface area contributed by atoms with E-state index < -0.39 is 0 Å². The third-order valence-electron chi connectivity index (χ3n) is 3.15. The van der Waals surface area contributed by atoms with E-state index >= 15 is 0 Å². The van der Waals surface area contributed by atoms with Crippen LogP contribution in [0, 0.1) is 10.8 Å². The fourth-order valence-electron chi connectivity index (χ4n) is 2.12. The highest BCUT2D eigenvalue weighted by Gasteiger charge is 2.36. The second kappa shape index (κ2) is 4.50. The van der Waals surface area contributed by atoms with E-state index in [1.807, 2.05) is 6.08 Å². The molecule has 2 nitrogen and oxygen atoms in total. The standard InChI is InChI=1S/C14H26O2/c1-7-12(2,3)8-13(4,5)16-11-14(6)9-15-10-14/h7H,1,8-11H2,2-6H3. The van der Waals surface area contributed by atoms with E-state index in [-0.39, 0.29) is 16.4 Å². The maximum Gasteiger partial charge on any atom is 0.0634 e. The molecule has 0 aromatic carbocycles. The van der Waals surface area contributed by atoms with Crippen molar-refractivity contribution in [3.63, 3.8) is 0 Å². The molecule has 0 bridgehead atoms. The van der Waals surface area contributed by atoms with Crippen molar-refractivity contribution in [2.75, 3.05) is 19.8 Å². The van der Waals surface area contributed by atoms with Crippen molar-refractivity contribution in [3.8, 4) is 0 Å². The summed E-state index contributed by atoms with van der Waals surface area (Å²) in [6, 6.07) is 0. The molecule has 1 rings (SSSR count). The molecule has 0 aliphatic carbocycles. The molecule has 0 aromatic heterocycles. The normalized spacial score (nSPS) is 20.3. The van der Waals surface area contributed by atoms with Crippen molar-refractivity contribution in [3.05, 3.63) is 12.7 Å². The molecule has 0 spiro atoms. The van der Waals surface area contributed by atoms with Crippen LogP contribution < -0.4 is 0 Å². The molecule has 0 aromatic rings. The van der Waals surface area contributed by atoms with Gasteiger partial charge in [-0.1, -0.05) is 26.8 Å². The molecule has 1 aliphatic heterocycles. The molecule has 1 aliphatic rings. The first-order valence-corrected chi connectivity index (χ1v) is 6.03. The van der Waals surface area contributed by atoms with Gasteiger partial charge in [0.25, 0.3) is 0 Å². The molecule has 0 amide bonds. The minimum atomic E-state index is -0.101. The maximum absolute atomic E-state index is 6.05. The first-order chi connectivity index (χ1) is 7.18. The summed E-state index contributed by atoms with van der Waals surface area (Å²) in [7, 11) is 0. The average molecular weight is 226 g/mol. The van der Waals surface area contributed by atoms with Gasteiger partial charge in [-0.15, -0.1) is 6.58 Å². The molecule has 94 valence electrons. The molecular weight excluding hydrogens is 200 g/mol. The zero-order valence-corrected chi connectivity index (χ0v) is 11.4. The van der Waals surface area contributed by atoms with Gasteiger partial charge in [-0.3, -0.25) is 0 Å². The smallest absolute Gasteiger partial charge is 0.0634 e. The molecular formula is C14H26O2. The number of ether oxygens (including phenoxy) is 2. The summed E-state index contributed by atoms with van der Waals surface area (Å²) in [6.07, 6.45) is 2.99. The Morgan fingerprint density at radius 3 is 2.25 bits per heavy atom. The zero-order chi connectivity index (χ0) is 12.4. The SMILES string of the molecule is C=CC(C)(C)CC(C)(C)OCC1(C)COC1. The lowest BCUT2D eigenvalue weighted by atomic mass is 9.81. The summed E-state index contributed by atoms with van der Waals surface area (Å²) >= 11 is 0. The number of allylic oxidation sites excluding steroid dienone is 1. The Balaban J connectivity index is 2.41. The minimum Gasteiger partial charge on any atom is -0.380 e. The molecule has 2 heteroatoms. The average Bonchev–Trinajstić information content (AvgIpc) is 2.10. The third-order valence-corrected chi connectivity index (χ3v) is 3.15. The first kappa shape index (κ1) is 13.7. The lowest BCUT2D eigenvalue weighted by molar-refractivity contribution is -0.168. The van der Waals surface area contributed by atoms with Crippen molar-refractivity contribution in [1.82, 2.24) is 0 Å². The summed E-state index contributed by atoms with van der Waals surface area (Å²) in [5.74, 6) is 0. The van der Waals surface area contributed by atoms with Crippen LogP contribution in [0.3, 0.4) is 0 Å². The van der Waals surface area contributed by atoms with Crippen LogP contribution in [0.5, 0.6) is 0 Å². The summed E-state index contributed by atoms with van der Waals surface area (Å²) in [4.78, 5) is 0. The Kier molecular flexibility index (Phi) is 3.86. The van der Waals surface area contributed by atoms with E-state index in [1.54, 1.807) is 0 Å². The Hall–Kier alpha value is -0.340. The molecule has 1 saturated heterocycles. The van der Waals surface area contributed by atoms with E-state index in [0.29, 0.717) is 0 Å². The van der Waals surface area contributed by atoms with E-state index in [4.69, 9.17) is 9.47 Å². The Morgan fingerprint density at radius 1 is 1.31 bits per heavy atom. The number of rotatable bonds is 6. The predicted octanol–water partition coefficient (Wildman–Crippen LogP) is 3.42. The second-order valence-electron chi connectivity index (χ2n) is 6.72. The molecule has 16 heavy (non-hydrogen) atoms. The van der Waals surface area contributed by atoms with E-state index in [0.717, 1.165) is 26.2 Å². The van der Waals surface area contributed by atoms with Gasteiger partial charge in [-0.2, -0.15) is 0 Å². The highest BCUT2D eigenvalue weighted by Crippen LogP contribution is 2.34. The molecule has 0 atom stereocenters. The van der Waals surface area contributed by atoms with Gasteiger partial charge >= 0.3 is 0 Å². The van der Waals surface area contributed by atoms with Crippen LogP contribution in [0.1, 0.15) is 41.0 Å². The Morgan fingerprint density at radius 2 is 1.88 bits per heavy atom. The summed E-state index contributed by atoms with van der Waals surface area (Å²) in [5, 5.41) is 0. The van der Waals surface area contributed by atoms with Crippen molar-refractivity contribution in [1.29, 1.82) is 0 Å².